The Morgan fingerprint density at radius 3 is 2.68 bits per heavy atom. The van der Waals surface area contributed by atoms with Gasteiger partial charge in [-0.1, -0.05) is 18.2 Å². The van der Waals surface area contributed by atoms with Crippen LogP contribution in [0.3, 0.4) is 0 Å². The van der Waals surface area contributed by atoms with E-state index in [1.807, 2.05) is 17.5 Å². The van der Waals surface area contributed by atoms with Gasteiger partial charge in [0.2, 0.25) is 0 Å². The lowest BCUT2D eigenvalue weighted by Gasteiger charge is -2.22. The summed E-state index contributed by atoms with van der Waals surface area (Å²) in [5, 5.41) is 17.5. The van der Waals surface area contributed by atoms with Crippen LogP contribution in [-0.2, 0) is 5.60 Å². The highest BCUT2D eigenvalue weighted by Crippen LogP contribution is 2.24. The number of rotatable bonds is 5. The molecule has 1 heterocycles. The van der Waals surface area contributed by atoms with Gasteiger partial charge >= 0.3 is 6.03 Å². The molecule has 1 unspecified atom stereocenters. The number of urea groups is 1. The van der Waals surface area contributed by atoms with Crippen molar-refractivity contribution < 1.29 is 14.7 Å². The molecule has 0 saturated carbocycles. The number of anilines is 1. The summed E-state index contributed by atoms with van der Waals surface area (Å²) in [5.41, 5.74) is -0.0587. The zero-order valence-electron chi connectivity index (χ0n) is 12.4. The van der Waals surface area contributed by atoms with Gasteiger partial charge in [-0.15, -0.1) is 11.3 Å². The zero-order valence-corrected chi connectivity index (χ0v) is 13.2. The van der Waals surface area contributed by atoms with Gasteiger partial charge in [-0.2, -0.15) is 0 Å². The molecule has 2 rings (SSSR count). The maximum atomic E-state index is 11.9. The number of hydrogen-bond donors (Lipinski definition) is 3. The molecule has 0 aliphatic carbocycles. The molecule has 0 radical (unpaired) electrons. The SMILES string of the molecule is CC(=O)c1cccc(NC(=O)NCC(C)(O)c2cccs2)c1. The third-order valence-electron chi connectivity index (χ3n) is 3.17. The maximum absolute atomic E-state index is 11.9. The highest BCUT2D eigenvalue weighted by atomic mass is 32.1. The van der Waals surface area contributed by atoms with Crippen molar-refractivity contribution in [1.29, 1.82) is 0 Å². The summed E-state index contributed by atoms with van der Waals surface area (Å²) in [6.07, 6.45) is 0. The average molecular weight is 318 g/mol. The molecular formula is C16H18N2O3S. The van der Waals surface area contributed by atoms with Crippen LogP contribution in [0.2, 0.25) is 0 Å². The highest BCUT2D eigenvalue weighted by molar-refractivity contribution is 7.10. The second-order valence-electron chi connectivity index (χ2n) is 5.20. The lowest BCUT2D eigenvalue weighted by Crippen LogP contribution is -2.40. The van der Waals surface area contributed by atoms with E-state index < -0.39 is 11.6 Å². The molecule has 2 amide bonds. The van der Waals surface area contributed by atoms with E-state index in [4.69, 9.17) is 0 Å². The van der Waals surface area contributed by atoms with E-state index in [9.17, 15) is 14.7 Å². The number of nitrogens with one attached hydrogen (secondary N) is 2. The summed E-state index contributed by atoms with van der Waals surface area (Å²) < 4.78 is 0. The Labute approximate surface area is 133 Å². The molecule has 6 heteroatoms. The van der Waals surface area contributed by atoms with Crippen molar-refractivity contribution >= 4 is 28.8 Å². The average Bonchev–Trinajstić information content (AvgIpc) is 3.00. The molecule has 0 aliphatic heterocycles. The number of thiophene rings is 1. The third kappa shape index (κ3) is 4.16. The van der Waals surface area contributed by atoms with E-state index in [1.165, 1.54) is 18.3 Å². The Bertz CT molecular complexity index is 666. The molecule has 1 aromatic heterocycles. The first-order valence-electron chi connectivity index (χ1n) is 6.81. The van der Waals surface area contributed by atoms with Crippen LogP contribution in [0.4, 0.5) is 10.5 Å². The Balaban J connectivity index is 1.93. The van der Waals surface area contributed by atoms with E-state index >= 15 is 0 Å². The van der Waals surface area contributed by atoms with Gasteiger partial charge in [-0.05, 0) is 37.4 Å². The van der Waals surface area contributed by atoms with Crippen LogP contribution in [0.15, 0.2) is 41.8 Å². The van der Waals surface area contributed by atoms with Gasteiger partial charge in [-0.25, -0.2) is 4.79 Å². The maximum Gasteiger partial charge on any atom is 0.319 e. The molecule has 5 nitrogen and oxygen atoms in total. The van der Waals surface area contributed by atoms with Crippen molar-refractivity contribution in [1.82, 2.24) is 5.32 Å². The van der Waals surface area contributed by atoms with Crippen LogP contribution in [-0.4, -0.2) is 23.5 Å². The largest absolute Gasteiger partial charge is 0.383 e. The van der Waals surface area contributed by atoms with Gasteiger partial charge in [-0.3, -0.25) is 4.79 Å². The van der Waals surface area contributed by atoms with Crippen LogP contribution in [0.25, 0.3) is 0 Å². The number of carbonyl (C=O) groups is 2. The number of benzene rings is 1. The predicted octanol–water partition coefficient (Wildman–Crippen LogP) is 2.98. The smallest absolute Gasteiger partial charge is 0.319 e. The van der Waals surface area contributed by atoms with Crippen molar-refractivity contribution in [3.05, 3.63) is 52.2 Å². The molecule has 22 heavy (non-hydrogen) atoms. The second-order valence-corrected chi connectivity index (χ2v) is 6.14. The number of aliphatic hydroxyl groups is 1. The standard InChI is InChI=1S/C16H18N2O3S/c1-11(19)12-5-3-6-13(9-12)18-15(20)17-10-16(2,21)14-7-4-8-22-14/h3-9,21H,10H2,1-2H3,(H2,17,18,20). The van der Waals surface area contributed by atoms with Crippen molar-refractivity contribution in [2.45, 2.75) is 19.4 Å². The van der Waals surface area contributed by atoms with Gasteiger partial charge in [0.15, 0.2) is 5.78 Å². The fraction of sp³-hybridized carbons (Fsp3) is 0.250. The van der Waals surface area contributed by atoms with Gasteiger partial charge in [0.25, 0.3) is 0 Å². The second kappa shape index (κ2) is 6.72. The quantitative estimate of drug-likeness (QED) is 0.742. The molecular weight excluding hydrogens is 300 g/mol. The number of ketones is 1. The molecule has 0 spiro atoms. The van der Waals surface area contributed by atoms with Gasteiger partial charge < -0.3 is 15.7 Å². The molecule has 3 N–H and O–H groups in total. The number of hydrogen-bond acceptors (Lipinski definition) is 4. The van der Waals surface area contributed by atoms with E-state index in [-0.39, 0.29) is 12.3 Å². The first-order chi connectivity index (χ1) is 10.4. The predicted molar refractivity (Wildman–Crippen MR) is 87.4 cm³/mol. The summed E-state index contributed by atoms with van der Waals surface area (Å²) in [5.74, 6) is -0.0651. The first-order valence-corrected chi connectivity index (χ1v) is 7.69. The van der Waals surface area contributed by atoms with Gasteiger partial charge in [0.05, 0.1) is 6.54 Å². The summed E-state index contributed by atoms with van der Waals surface area (Å²) in [6.45, 7) is 3.21. The van der Waals surface area contributed by atoms with E-state index in [2.05, 4.69) is 10.6 Å². The van der Waals surface area contributed by atoms with Crippen molar-refractivity contribution in [2.24, 2.45) is 0 Å². The minimum Gasteiger partial charge on any atom is -0.383 e. The molecule has 1 atom stereocenters. The minimum absolute atomic E-state index is 0.0651. The normalized spacial score (nSPS) is 13.2. The van der Waals surface area contributed by atoms with E-state index in [1.54, 1.807) is 31.2 Å². The zero-order chi connectivity index (χ0) is 16.2. The van der Waals surface area contributed by atoms with Crippen LogP contribution in [0, 0.1) is 0 Å². The number of amides is 2. The fourth-order valence-electron chi connectivity index (χ4n) is 1.92. The number of carbonyl (C=O) groups excluding carboxylic acids is 2. The Morgan fingerprint density at radius 2 is 2.05 bits per heavy atom. The summed E-state index contributed by atoms with van der Waals surface area (Å²) in [4.78, 5) is 24.0. The molecule has 1 aromatic carbocycles. The topological polar surface area (TPSA) is 78.4 Å². The first kappa shape index (κ1) is 16.2. The van der Waals surface area contributed by atoms with Gasteiger partial charge in [0, 0.05) is 16.1 Å². The molecule has 0 aliphatic rings. The highest BCUT2D eigenvalue weighted by Gasteiger charge is 2.24. The third-order valence-corrected chi connectivity index (χ3v) is 4.30. The van der Waals surface area contributed by atoms with Gasteiger partial charge in [0.1, 0.15) is 5.60 Å². The Hall–Kier alpha value is -2.18. The molecule has 2 aromatic rings. The molecule has 0 saturated heterocycles. The monoisotopic (exact) mass is 318 g/mol. The van der Waals surface area contributed by atoms with Crippen LogP contribution in [0.1, 0.15) is 29.1 Å². The van der Waals surface area contributed by atoms with Crippen LogP contribution < -0.4 is 10.6 Å². The molecule has 116 valence electrons. The molecule has 0 bridgehead atoms. The summed E-state index contributed by atoms with van der Waals surface area (Å²) in [7, 11) is 0. The number of Topliss-reactive ketones (excluding diaryl/α,β-unsaturated/α-hetero) is 1. The van der Waals surface area contributed by atoms with Crippen LogP contribution in [0.5, 0.6) is 0 Å². The lowest BCUT2D eigenvalue weighted by atomic mass is 10.1. The van der Waals surface area contributed by atoms with Crippen molar-refractivity contribution in [2.75, 3.05) is 11.9 Å². The Morgan fingerprint density at radius 1 is 1.27 bits per heavy atom. The fourth-order valence-corrected chi connectivity index (χ4v) is 2.70. The minimum atomic E-state index is -1.12. The van der Waals surface area contributed by atoms with Crippen LogP contribution >= 0.6 is 11.3 Å². The van der Waals surface area contributed by atoms with Crippen molar-refractivity contribution in [3.63, 3.8) is 0 Å². The summed E-state index contributed by atoms with van der Waals surface area (Å²) in [6, 6.07) is 9.93. The van der Waals surface area contributed by atoms with Crippen molar-refractivity contribution in [3.8, 4) is 0 Å². The Kier molecular flexibility index (Phi) is 4.95. The molecule has 0 fully saturated rings. The lowest BCUT2D eigenvalue weighted by molar-refractivity contribution is 0.0637. The van der Waals surface area contributed by atoms with E-state index in [0.29, 0.717) is 11.3 Å². The van der Waals surface area contributed by atoms with E-state index in [0.717, 1.165) is 4.88 Å². The summed E-state index contributed by atoms with van der Waals surface area (Å²) >= 11 is 1.43.